The van der Waals surface area contributed by atoms with E-state index in [2.05, 4.69) is 11.1 Å². The first-order valence-corrected chi connectivity index (χ1v) is 4.05. The molecule has 0 aliphatic rings. The zero-order valence-electron chi connectivity index (χ0n) is 7.17. The van der Waals surface area contributed by atoms with Crippen LogP contribution in [0.15, 0.2) is 36.5 Å². The molecule has 0 aliphatic carbocycles. The fourth-order valence-corrected chi connectivity index (χ4v) is 1.20. The average Bonchev–Trinajstić information content (AvgIpc) is 2.19. The van der Waals surface area contributed by atoms with E-state index in [9.17, 15) is 8.78 Å². The van der Waals surface area contributed by atoms with Crippen molar-refractivity contribution in [1.29, 1.82) is 0 Å². The Kier molecular flexibility index (Phi) is 2.23. The lowest BCUT2D eigenvalue weighted by Gasteiger charge is -2.02. The van der Waals surface area contributed by atoms with Gasteiger partial charge in [-0.3, -0.25) is 4.98 Å². The minimum atomic E-state index is -0.614. The van der Waals surface area contributed by atoms with E-state index in [1.165, 1.54) is 30.5 Å². The normalized spacial score (nSPS) is 10.1. The van der Waals surface area contributed by atoms with Crippen molar-refractivity contribution in [2.75, 3.05) is 0 Å². The SMILES string of the molecule is Fc1cccc(F)c1-c1c[c]ccn1. The summed E-state index contributed by atoms with van der Waals surface area (Å²) in [4.78, 5) is 3.86. The highest BCUT2D eigenvalue weighted by Gasteiger charge is 2.10. The summed E-state index contributed by atoms with van der Waals surface area (Å²) in [5.41, 5.74) is 0.146. The summed E-state index contributed by atoms with van der Waals surface area (Å²) in [7, 11) is 0. The third-order valence-corrected chi connectivity index (χ3v) is 1.82. The van der Waals surface area contributed by atoms with Crippen molar-refractivity contribution in [1.82, 2.24) is 4.98 Å². The molecular weight excluding hydrogens is 184 g/mol. The molecule has 0 saturated heterocycles. The molecule has 2 aromatic rings. The first-order chi connectivity index (χ1) is 6.79. The van der Waals surface area contributed by atoms with E-state index >= 15 is 0 Å². The van der Waals surface area contributed by atoms with Crippen LogP contribution in [-0.4, -0.2) is 4.98 Å². The molecule has 0 spiro atoms. The van der Waals surface area contributed by atoms with Crippen molar-refractivity contribution in [3.8, 4) is 11.3 Å². The Bertz CT molecular complexity index is 420. The number of rotatable bonds is 1. The van der Waals surface area contributed by atoms with Crippen LogP contribution in [0.3, 0.4) is 0 Å². The maximum Gasteiger partial charge on any atom is 0.135 e. The Balaban J connectivity index is 2.63. The van der Waals surface area contributed by atoms with Gasteiger partial charge < -0.3 is 0 Å². The summed E-state index contributed by atoms with van der Waals surface area (Å²) < 4.78 is 26.5. The highest BCUT2D eigenvalue weighted by molar-refractivity contribution is 5.60. The Hall–Kier alpha value is -1.77. The summed E-state index contributed by atoms with van der Waals surface area (Å²) in [6.45, 7) is 0. The van der Waals surface area contributed by atoms with Crippen LogP contribution in [0.5, 0.6) is 0 Å². The van der Waals surface area contributed by atoms with Gasteiger partial charge in [0.25, 0.3) is 0 Å². The number of aromatic nitrogens is 1. The predicted molar refractivity (Wildman–Crippen MR) is 48.4 cm³/mol. The van der Waals surface area contributed by atoms with Crippen LogP contribution in [0.4, 0.5) is 8.78 Å². The fraction of sp³-hybridized carbons (Fsp3) is 0. The maximum absolute atomic E-state index is 13.2. The van der Waals surface area contributed by atoms with E-state index in [0.29, 0.717) is 0 Å². The minimum absolute atomic E-state index is 0.107. The predicted octanol–water partition coefficient (Wildman–Crippen LogP) is 2.83. The quantitative estimate of drug-likeness (QED) is 0.673. The molecular formula is C11H6F2N. The van der Waals surface area contributed by atoms with E-state index in [0.717, 1.165) is 0 Å². The second kappa shape index (κ2) is 3.54. The van der Waals surface area contributed by atoms with Gasteiger partial charge in [0.2, 0.25) is 0 Å². The minimum Gasteiger partial charge on any atom is -0.256 e. The molecule has 0 bridgehead atoms. The molecule has 0 amide bonds. The molecule has 0 saturated carbocycles. The van der Waals surface area contributed by atoms with Crippen molar-refractivity contribution >= 4 is 0 Å². The van der Waals surface area contributed by atoms with Gasteiger partial charge in [-0.1, -0.05) is 6.07 Å². The number of hydrogen-bond acceptors (Lipinski definition) is 1. The van der Waals surface area contributed by atoms with Crippen LogP contribution >= 0.6 is 0 Å². The van der Waals surface area contributed by atoms with Crippen molar-refractivity contribution in [2.24, 2.45) is 0 Å². The van der Waals surface area contributed by atoms with Crippen LogP contribution in [-0.2, 0) is 0 Å². The zero-order valence-corrected chi connectivity index (χ0v) is 7.17. The van der Waals surface area contributed by atoms with E-state index in [4.69, 9.17) is 0 Å². The molecule has 0 unspecified atom stereocenters. The third-order valence-electron chi connectivity index (χ3n) is 1.82. The molecule has 1 heterocycles. The summed E-state index contributed by atoms with van der Waals surface area (Å²) in [6.07, 6.45) is 1.45. The van der Waals surface area contributed by atoms with Crippen molar-refractivity contribution in [3.63, 3.8) is 0 Å². The second-order valence-corrected chi connectivity index (χ2v) is 2.74. The molecule has 1 aromatic carbocycles. The monoisotopic (exact) mass is 190 g/mol. The van der Waals surface area contributed by atoms with Gasteiger partial charge in [0.05, 0.1) is 11.3 Å². The topological polar surface area (TPSA) is 12.9 Å². The lowest BCUT2D eigenvalue weighted by Crippen LogP contribution is -1.91. The summed E-state index contributed by atoms with van der Waals surface area (Å²) in [5, 5.41) is 0. The Morgan fingerprint density at radius 1 is 1.14 bits per heavy atom. The van der Waals surface area contributed by atoms with Gasteiger partial charge in [-0.05, 0) is 30.3 Å². The lowest BCUT2D eigenvalue weighted by molar-refractivity contribution is 0.588. The van der Waals surface area contributed by atoms with Crippen LogP contribution in [0.2, 0.25) is 0 Å². The molecule has 2 rings (SSSR count). The number of benzene rings is 1. The fourth-order valence-electron chi connectivity index (χ4n) is 1.20. The molecule has 0 N–H and O–H groups in total. The van der Waals surface area contributed by atoms with Crippen LogP contribution in [0.25, 0.3) is 11.3 Å². The summed E-state index contributed by atoms with van der Waals surface area (Å²) in [5.74, 6) is -1.23. The Morgan fingerprint density at radius 3 is 2.43 bits per heavy atom. The number of hydrogen-bond donors (Lipinski definition) is 0. The van der Waals surface area contributed by atoms with Crippen LogP contribution in [0, 0.1) is 17.7 Å². The average molecular weight is 190 g/mol. The van der Waals surface area contributed by atoms with Gasteiger partial charge in [0, 0.05) is 6.20 Å². The van der Waals surface area contributed by atoms with E-state index in [-0.39, 0.29) is 11.3 Å². The second-order valence-electron chi connectivity index (χ2n) is 2.74. The summed E-state index contributed by atoms with van der Waals surface area (Å²) in [6, 6.07) is 9.46. The third kappa shape index (κ3) is 1.48. The Morgan fingerprint density at radius 2 is 1.86 bits per heavy atom. The molecule has 0 aliphatic heterocycles. The molecule has 1 aromatic heterocycles. The number of pyridine rings is 1. The first-order valence-electron chi connectivity index (χ1n) is 4.05. The van der Waals surface area contributed by atoms with Crippen molar-refractivity contribution < 1.29 is 8.78 Å². The maximum atomic E-state index is 13.2. The molecule has 69 valence electrons. The molecule has 14 heavy (non-hydrogen) atoms. The molecule has 1 nitrogen and oxygen atoms in total. The highest BCUT2D eigenvalue weighted by Crippen LogP contribution is 2.23. The van der Waals surface area contributed by atoms with E-state index in [1.807, 2.05) is 0 Å². The van der Waals surface area contributed by atoms with Gasteiger partial charge in [-0.2, -0.15) is 0 Å². The van der Waals surface area contributed by atoms with Gasteiger partial charge in [0.1, 0.15) is 11.6 Å². The lowest BCUT2D eigenvalue weighted by atomic mass is 10.1. The van der Waals surface area contributed by atoms with Gasteiger partial charge in [0.15, 0.2) is 0 Å². The molecule has 0 atom stereocenters. The highest BCUT2D eigenvalue weighted by atomic mass is 19.1. The molecule has 1 radical (unpaired) electrons. The smallest absolute Gasteiger partial charge is 0.135 e. The van der Waals surface area contributed by atoms with Gasteiger partial charge in [-0.15, -0.1) is 0 Å². The van der Waals surface area contributed by atoms with Crippen molar-refractivity contribution in [3.05, 3.63) is 54.2 Å². The van der Waals surface area contributed by atoms with Crippen LogP contribution < -0.4 is 0 Å². The number of nitrogens with zero attached hydrogens (tertiary/aromatic N) is 1. The van der Waals surface area contributed by atoms with Crippen molar-refractivity contribution in [2.45, 2.75) is 0 Å². The molecule has 3 heteroatoms. The van der Waals surface area contributed by atoms with Gasteiger partial charge >= 0.3 is 0 Å². The van der Waals surface area contributed by atoms with Crippen LogP contribution in [0.1, 0.15) is 0 Å². The van der Waals surface area contributed by atoms with Gasteiger partial charge in [-0.25, -0.2) is 8.78 Å². The largest absolute Gasteiger partial charge is 0.256 e. The van der Waals surface area contributed by atoms with E-state index in [1.54, 1.807) is 6.07 Å². The zero-order chi connectivity index (χ0) is 9.97. The standard InChI is InChI=1S/C11H6F2N/c12-8-4-3-5-9(13)11(8)10-6-1-2-7-14-10/h2-7H. The molecule has 0 fully saturated rings. The Labute approximate surface area is 80.0 Å². The number of halogens is 2. The van der Waals surface area contributed by atoms with E-state index < -0.39 is 11.6 Å². The first kappa shape index (κ1) is 8.81. The summed E-state index contributed by atoms with van der Waals surface area (Å²) >= 11 is 0.